The highest BCUT2D eigenvalue weighted by atomic mass is 35.5. The van der Waals surface area contributed by atoms with Crippen molar-refractivity contribution in [3.8, 4) is 0 Å². The van der Waals surface area contributed by atoms with Crippen molar-refractivity contribution < 1.29 is 27.8 Å². The zero-order valence-corrected chi connectivity index (χ0v) is 17.3. The number of halogens is 1. The summed E-state index contributed by atoms with van der Waals surface area (Å²) in [5.74, 6) is -2.65. The molecule has 150 valence electrons. The lowest BCUT2D eigenvalue weighted by Crippen LogP contribution is -2.46. The van der Waals surface area contributed by atoms with Crippen LogP contribution in [0.1, 0.15) is 44.6 Å². The van der Waals surface area contributed by atoms with Crippen LogP contribution in [0, 0.1) is 11.3 Å². The Morgan fingerprint density at radius 2 is 1.93 bits per heavy atom. The fourth-order valence-corrected chi connectivity index (χ4v) is 5.26. The molecular formula is C19H25ClO6S. The van der Waals surface area contributed by atoms with E-state index in [0.717, 1.165) is 6.26 Å². The van der Waals surface area contributed by atoms with Gasteiger partial charge in [0.2, 0.25) is 0 Å². The van der Waals surface area contributed by atoms with Crippen molar-refractivity contribution >= 4 is 27.4 Å². The Balaban J connectivity index is 1.84. The van der Waals surface area contributed by atoms with Gasteiger partial charge in [-0.3, -0.25) is 4.79 Å². The average Bonchev–Trinajstić information content (AvgIpc) is 2.93. The van der Waals surface area contributed by atoms with Gasteiger partial charge in [-0.15, -0.1) is 0 Å². The normalized spacial score (nSPS) is 25.4. The molecule has 1 aromatic rings. The monoisotopic (exact) mass is 416 g/mol. The topological polar surface area (TPSA) is 89.9 Å². The Bertz CT molecular complexity index is 838. The highest BCUT2D eigenvalue weighted by Gasteiger charge is 2.49. The molecule has 1 aliphatic heterocycles. The van der Waals surface area contributed by atoms with Gasteiger partial charge in [0.05, 0.1) is 29.0 Å². The van der Waals surface area contributed by atoms with E-state index < -0.39 is 27.5 Å². The van der Waals surface area contributed by atoms with Gasteiger partial charge in [0.15, 0.2) is 15.6 Å². The fourth-order valence-electron chi connectivity index (χ4n) is 3.92. The van der Waals surface area contributed by atoms with Crippen molar-refractivity contribution in [1.29, 1.82) is 0 Å². The highest BCUT2D eigenvalue weighted by Crippen LogP contribution is 2.48. The number of hydrogen-bond donors (Lipinski definition) is 1. The second-order valence-corrected chi connectivity index (χ2v) is 10.8. The lowest BCUT2D eigenvalue weighted by Gasteiger charge is -2.41. The Hall–Kier alpha value is -1.15. The number of hydrogen-bond acceptors (Lipinski definition) is 5. The Morgan fingerprint density at radius 1 is 1.30 bits per heavy atom. The first-order valence-electron chi connectivity index (χ1n) is 8.93. The molecule has 0 bridgehead atoms. The second kappa shape index (κ2) is 7.03. The van der Waals surface area contributed by atoms with Gasteiger partial charge in [-0.25, -0.2) is 8.42 Å². The van der Waals surface area contributed by atoms with E-state index >= 15 is 0 Å². The summed E-state index contributed by atoms with van der Waals surface area (Å²) in [5.41, 5.74) is 0.447. The minimum atomic E-state index is -3.47. The Morgan fingerprint density at radius 3 is 2.44 bits per heavy atom. The highest BCUT2D eigenvalue weighted by molar-refractivity contribution is 7.90. The first-order chi connectivity index (χ1) is 12.4. The maximum absolute atomic E-state index is 12.0. The van der Waals surface area contributed by atoms with Crippen LogP contribution < -0.4 is 0 Å². The molecule has 8 heteroatoms. The molecule has 0 aromatic heterocycles. The van der Waals surface area contributed by atoms with E-state index in [4.69, 9.17) is 21.1 Å². The maximum Gasteiger partial charge on any atom is 0.311 e. The summed E-state index contributed by atoms with van der Waals surface area (Å²) in [7, 11) is -3.47. The molecule has 1 saturated carbocycles. The third-order valence-electron chi connectivity index (χ3n) is 5.37. The average molecular weight is 417 g/mol. The SMILES string of the molecule is CC1(C)COC2(CC[C@H](C(C(=O)O)c3ccc(S(C)(=O)=O)c(Cl)c3)C2)OC1. The third-order valence-corrected chi connectivity index (χ3v) is 6.95. The zero-order valence-electron chi connectivity index (χ0n) is 15.7. The molecule has 6 nitrogen and oxygen atoms in total. The zero-order chi connectivity index (χ0) is 20.0. The molecule has 1 aliphatic carbocycles. The van der Waals surface area contributed by atoms with Gasteiger partial charge >= 0.3 is 5.97 Å². The molecule has 0 amide bonds. The molecule has 1 spiro atoms. The molecule has 2 atom stereocenters. The van der Waals surface area contributed by atoms with Crippen LogP contribution in [0.4, 0.5) is 0 Å². The molecular weight excluding hydrogens is 392 g/mol. The van der Waals surface area contributed by atoms with E-state index in [1.54, 1.807) is 0 Å². The maximum atomic E-state index is 12.0. The van der Waals surface area contributed by atoms with Crippen LogP contribution in [-0.2, 0) is 24.1 Å². The number of aliphatic carboxylic acids is 1. The summed E-state index contributed by atoms with van der Waals surface area (Å²) in [5, 5.41) is 9.88. The quantitative estimate of drug-likeness (QED) is 0.808. The van der Waals surface area contributed by atoms with Crippen LogP contribution in [0.2, 0.25) is 5.02 Å². The summed E-state index contributed by atoms with van der Waals surface area (Å²) >= 11 is 6.12. The van der Waals surface area contributed by atoms with Crippen LogP contribution in [0.25, 0.3) is 0 Å². The van der Waals surface area contributed by atoms with Crippen molar-refractivity contribution in [2.24, 2.45) is 11.3 Å². The van der Waals surface area contributed by atoms with Crippen LogP contribution in [0.3, 0.4) is 0 Å². The van der Waals surface area contributed by atoms with Crippen molar-refractivity contribution in [3.63, 3.8) is 0 Å². The number of ether oxygens (including phenoxy) is 2. The first kappa shape index (κ1) is 20.6. The predicted molar refractivity (Wildman–Crippen MR) is 101 cm³/mol. The van der Waals surface area contributed by atoms with E-state index in [9.17, 15) is 18.3 Å². The standard InChI is InChI=1S/C19H25ClO6S/c1-18(2)10-25-19(26-11-18)7-6-13(9-19)16(17(21)22)12-4-5-15(14(20)8-12)27(3,23)24/h4-5,8,13,16H,6-7,9-11H2,1-3H3,(H,21,22)/t13-,16?/m0/s1. The van der Waals surface area contributed by atoms with Crippen LogP contribution in [-0.4, -0.2) is 44.8 Å². The number of carbonyl (C=O) groups is 1. The van der Waals surface area contributed by atoms with E-state index in [1.165, 1.54) is 18.2 Å². The van der Waals surface area contributed by atoms with Crippen molar-refractivity contribution in [1.82, 2.24) is 0 Å². The third kappa shape index (κ3) is 4.31. The van der Waals surface area contributed by atoms with Gasteiger partial charge in [-0.05, 0) is 30.0 Å². The van der Waals surface area contributed by atoms with Crippen molar-refractivity contribution in [2.45, 2.75) is 49.7 Å². The van der Waals surface area contributed by atoms with Gasteiger partial charge in [-0.2, -0.15) is 0 Å². The van der Waals surface area contributed by atoms with Gasteiger partial charge in [-0.1, -0.05) is 31.5 Å². The van der Waals surface area contributed by atoms with Crippen molar-refractivity contribution in [3.05, 3.63) is 28.8 Å². The summed E-state index contributed by atoms with van der Waals surface area (Å²) in [4.78, 5) is 12.0. The number of carboxylic acids is 1. The molecule has 1 saturated heterocycles. The van der Waals surface area contributed by atoms with Gasteiger partial charge in [0.1, 0.15) is 0 Å². The summed E-state index contributed by atoms with van der Waals surface area (Å²) in [6.45, 7) is 5.29. The summed E-state index contributed by atoms with van der Waals surface area (Å²) < 4.78 is 35.5. The Kier molecular flexibility index (Phi) is 5.36. The minimum absolute atomic E-state index is 0.00104. The lowest BCUT2D eigenvalue weighted by atomic mass is 9.84. The number of rotatable bonds is 4. The lowest BCUT2D eigenvalue weighted by molar-refractivity contribution is -0.296. The number of sulfone groups is 1. The van der Waals surface area contributed by atoms with E-state index in [0.29, 0.717) is 38.0 Å². The molecule has 0 radical (unpaired) electrons. The minimum Gasteiger partial charge on any atom is -0.481 e. The summed E-state index contributed by atoms with van der Waals surface area (Å²) in [6.07, 6.45) is 2.86. The largest absolute Gasteiger partial charge is 0.481 e. The van der Waals surface area contributed by atoms with Crippen LogP contribution >= 0.6 is 11.6 Å². The second-order valence-electron chi connectivity index (χ2n) is 8.43. The molecule has 27 heavy (non-hydrogen) atoms. The molecule has 2 aliphatic rings. The molecule has 1 heterocycles. The van der Waals surface area contributed by atoms with Gasteiger partial charge in [0, 0.05) is 24.5 Å². The van der Waals surface area contributed by atoms with E-state index in [1.807, 2.05) is 0 Å². The molecule has 1 unspecified atom stereocenters. The fraction of sp³-hybridized carbons (Fsp3) is 0.632. The van der Waals surface area contributed by atoms with Gasteiger partial charge in [0.25, 0.3) is 0 Å². The van der Waals surface area contributed by atoms with Crippen LogP contribution in [0.5, 0.6) is 0 Å². The summed E-state index contributed by atoms with van der Waals surface area (Å²) in [6, 6.07) is 4.37. The van der Waals surface area contributed by atoms with Crippen molar-refractivity contribution in [2.75, 3.05) is 19.5 Å². The molecule has 1 N–H and O–H groups in total. The van der Waals surface area contributed by atoms with Crippen LogP contribution in [0.15, 0.2) is 23.1 Å². The Labute approximate surface area is 164 Å². The first-order valence-corrected chi connectivity index (χ1v) is 11.2. The molecule has 3 rings (SSSR count). The number of carboxylic acid groups (broad SMARTS) is 1. The smallest absolute Gasteiger partial charge is 0.311 e. The number of benzene rings is 1. The predicted octanol–water partition coefficient (Wildman–Crippen LogP) is 3.48. The molecule has 1 aromatic carbocycles. The van der Waals surface area contributed by atoms with Gasteiger partial charge < -0.3 is 14.6 Å². The van der Waals surface area contributed by atoms with E-state index in [-0.39, 0.29) is 21.3 Å². The molecule has 2 fully saturated rings. The van der Waals surface area contributed by atoms with E-state index in [2.05, 4.69) is 13.8 Å².